The highest BCUT2D eigenvalue weighted by Crippen LogP contribution is 2.23. The Morgan fingerprint density at radius 3 is 2.32 bits per heavy atom. The third-order valence-corrected chi connectivity index (χ3v) is 7.36. The average molecular weight is 401 g/mol. The van der Waals surface area contributed by atoms with E-state index in [2.05, 4.69) is 9.88 Å². The molecular weight excluding hydrogens is 376 g/mol. The lowest BCUT2D eigenvalue weighted by atomic mass is 10.2. The molecule has 4 rings (SSSR count). The summed E-state index contributed by atoms with van der Waals surface area (Å²) < 4.78 is 27.0. The molecule has 1 amide bonds. The molecule has 2 aromatic rings. The van der Waals surface area contributed by atoms with Gasteiger partial charge < -0.3 is 4.90 Å². The summed E-state index contributed by atoms with van der Waals surface area (Å²) in [6.07, 6.45) is 2.51. The Labute approximate surface area is 165 Å². The number of rotatable bonds is 5. The number of pyridine rings is 1. The van der Waals surface area contributed by atoms with Gasteiger partial charge in [0.15, 0.2) is 0 Å². The third kappa shape index (κ3) is 3.80. The summed E-state index contributed by atoms with van der Waals surface area (Å²) in [6, 6.07) is 14.1. The second-order valence-corrected chi connectivity index (χ2v) is 9.08. The Bertz CT molecular complexity index is 913. The maximum atomic E-state index is 12.8. The molecule has 3 heterocycles. The van der Waals surface area contributed by atoms with Crippen LogP contribution in [0.5, 0.6) is 0 Å². The summed E-state index contributed by atoms with van der Waals surface area (Å²) >= 11 is 0. The van der Waals surface area contributed by atoms with Crippen molar-refractivity contribution in [3.05, 3.63) is 60.4 Å². The van der Waals surface area contributed by atoms with Crippen molar-refractivity contribution in [3.63, 3.8) is 0 Å². The molecule has 0 N–H and O–H groups in total. The number of hydrogen-bond acceptors (Lipinski definition) is 5. The van der Waals surface area contributed by atoms with Crippen LogP contribution in [-0.4, -0.2) is 72.2 Å². The van der Waals surface area contributed by atoms with Gasteiger partial charge in [0, 0.05) is 38.9 Å². The van der Waals surface area contributed by atoms with Crippen molar-refractivity contribution in [3.8, 4) is 0 Å². The molecule has 2 aliphatic heterocycles. The highest BCUT2D eigenvalue weighted by molar-refractivity contribution is 7.89. The first-order valence-electron chi connectivity index (χ1n) is 9.53. The summed E-state index contributed by atoms with van der Waals surface area (Å²) in [6.45, 7) is 3.18. The van der Waals surface area contributed by atoms with Gasteiger partial charge in [-0.05, 0) is 30.7 Å². The van der Waals surface area contributed by atoms with Crippen molar-refractivity contribution >= 4 is 15.9 Å². The Balaban J connectivity index is 1.36. The number of carbonyl (C=O) groups excluding carboxylic acids is 1. The summed E-state index contributed by atoms with van der Waals surface area (Å²) in [5.41, 5.74) is 0.885. The summed E-state index contributed by atoms with van der Waals surface area (Å²) in [5.74, 6) is 0.116. The first-order valence-corrected chi connectivity index (χ1v) is 11.0. The second kappa shape index (κ2) is 7.98. The molecule has 0 saturated carbocycles. The van der Waals surface area contributed by atoms with E-state index in [1.807, 2.05) is 23.1 Å². The number of aromatic nitrogens is 1. The van der Waals surface area contributed by atoms with Crippen LogP contribution in [0.4, 0.5) is 0 Å². The molecule has 0 spiro atoms. The van der Waals surface area contributed by atoms with E-state index < -0.39 is 10.0 Å². The van der Waals surface area contributed by atoms with Gasteiger partial charge in [-0.25, -0.2) is 8.42 Å². The normalized spacial score (nSPS) is 21.9. The SMILES string of the molecule is O=C1C(N2CCN(S(=O)(=O)c3ccccc3)CC2)CCN1Cc1ccccn1. The first kappa shape index (κ1) is 19.0. The molecule has 1 aromatic carbocycles. The smallest absolute Gasteiger partial charge is 0.243 e. The minimum Gasteiger partial charge on any atom is -0.335 e. The van der Waals surface area contributed by atoms with Crippen LogP contribution >= 0.6 is 0 Å². The second-order valence-electron chi connectivity index (χ2n) is 7.14. The molecule has 1 aromatic heterocycles. The minimum atomic E-state index is -3.47. The molecule has 2 saturated heterocycles. The molecule has 0 bridgehead atoms. The van der Waals surface area contributed by atoms with Crippen LogP contribution in [-0.2, 0) is 21.4 Å². The van der Waals surface area contributed by atoms with E-state index >= 15 is 0 Å². The fourth-order valence-corrected chi connectivity index (χ4v) is 5.35. The minimum absolute atomic E-state index is 0.116. The third-order valence-electron chi connectivity index (χ3n) is 5.44. The van der Waals surface area contributed by atoms with Gasteiger partial charge in [0.2, 0.25) is 15.9 Å². The molecule has 2 fully saturated rings. The van der Waals surface area contributed by atoms with Gasteiger partial charge in [-0.1, -0.05) is 24.3 Å². The molecule has 1 unspecified atom stereocenters. The van der Waals surface area contributed by atoms with Crippen LogP contribution in [0.3, 0.4) is 0 Å². The number of sulfonamides is 1. The molecule has 0 aliphatic carbocycles. The maximum absolute atomic E-state index is 12.8. The van der Waals surface area contributed by atoms with Gasteiger partial charge in [0.1, 0.15) is 0 Å². The fraction of sp³-hybridized carbons (Fsp3) is 0.400. The van der Waals surface area contributed by atoms with E-state index in [1.54, 1.807) is 36.5 Å². The Morgan fingerprint density at radius 2 is 1.64 bits per heavy atom. The van der Waals surface area contributed by atoms with Crippen molar-refractivity contribution in [2.75, 3.05) is 32.7 Å². The summed E-state index contributed by atoms with van der Waals surface area (Å²) in [4.78, 5) is 21.4. The number of amides is 1. The van der Waals surface area contributed by atoms with E-state index in [4.69, 9.17) is 0 Å². The zero-order chi connectivity index (χ0) is 19.6. The topological polar surface area (TPSA) is 73.8 Å². The van der Waals surface area contributed by atoms with Gasteiger partial charge in [0.25, 0.3) is 0 Å². The molecule has 28 heavy (non-hydrogen) atoms. The van der Waals surface area contributed by atoms with Crippen LogP contribution in [0.15, 0.2) is 59.6 Å². The molecule has 7 nitrogen and oxygen atoms in total. The summed E-state index contributed by atoms with van der Waals surface area (Å²) in [5, 5.41) is 0. The Kier molecular flexibility index (Phi) is 5.43. The van der Waals surface area contributed by atoms with Gasteiger partial charge in [-0.3, -0.25) is 14.7 Å². The predicted octanol–water partition coefficient (Wildman–Crippen LogP) is 1.19. The first-order chi connectivity index (χ1) is 13.6. The molecule has 1 atom stereocenters. The van der Waals surface area contributed by atoms with Gasteiger partial charge >= 0.3 is 0 Å². The lowest BCUT2D eigenvalue weighted by molar-refractivity contribution is -0.133. The van der Waals surface area contributed by atoms with Crippen LogP contribution < -0.4 is 0 Å². The van der Waals surface area contributed by atoms with E-state index in [0.29, 0.717) is 44.2 Å². The number of piperazine rings is 1. The van der Waals surface area contributed by atoms with Gasteiger partial charge in [-0.2, -0.15) is 4.31 Å². The predicted molar refractivity (Wildman–Crippen MR) is 105 cm³/mol. The quantitative estimate of drug-likeness (QED) is 0.754. The number of carbonyl (C=O) groups is 1. The molecule has 148 valence electrons. The average Bonchev–Trinajstić information content (AvgIpc) is 3.10. The number of nitrogens with zero attached hydrogens (tertiary/aromatic N) is 4. The molecule has 8 heteroatoms. The van der Waals surface area contributed by atoms with Crippen LogP contribution in [0.2, 0.25) is 0 Å². The number of hydrogen-bond donors (Lipinski definition) is 0. The van der Waals surface area contributed by atoms with Crippen molar-refractivity contribution < 1.29 is 13.2 Å². The van der Waals surface area contributed by atoms with E-state index in [-0.39, 0.29) is 11.9 Å². The highest BCUT2D eigenvalue weighted by atomic mass is 32.2. The molecular formula is C20H24N4O3S. The highest BCUT2D eigenvalue weighted by Gasteiger charge is 2.38. The molecule has 2 aliphatic rings. The zero-order valence-electron chi connectivity index (χ0n) is 15.6. The number of benzene rings is 1. The van der Waals surface area contributed by atoms with Gasteiger partial charge in [0.05, 0.1) is 23.2 Å². The largest absolute Gasteiger partial charge is 0.335 e. The number of likely N-dealkylation sites (tertiary alicyclic amines) is 1. The monoisotopic (exact) mass is 400 g/mol. The van der Waals surface area contributed by atoms with Crippen molar-refractivity contribution in [1.29, 1.82) is 0 Å². The van der Waals surface area contributed by atoms with Gasteiger partial charge in [-0.15, -0.1) is 0 Å². The van der Waals surface area contributed by atoms with E-state index in [9.17, 15) is 13.2 Å². The fourth-order valence-electron chi connectivity index (χ4n) is 3.90. The lowest BCUT2D eigenvalue weighted by Crippen LogP contribution is -2.53. The lowest BCUT2D eigenvalue weighted by Gasteiger charge is -2.36. The van der Waals surface area contributed by atoms with Crippen molar-refractivity contribution in [2.45, 2.75) is 23.9 Å². The Morgan fingerprint density at radius 1 is 0.929 bits per heavy atom. The standard InChI is InChI=1S/C20H24N4O3S/c25-20-19(9-11-23(20)16-17-6-4-5-10-21-17)22-12-14-24(15-13-22)28(26,27)18-7-2-1-3-8-18/h1-8,10,19H,9,11-16H2. The zero-order valence-corrected chi connectivity index (χ0v) is 16.5. The van der Waals surface area contributed by atoms with E-state index in [0.717, 1.165) is 12.1 Å². The van der Waals surface area contributed by atoms with E-state index in [1.165, 1.54) is 4.31 Å². The van der Waals surface area contributed by atoms with Crippen LogP contribution in [0, 0.1) is 0 Å². The van der Waals surface area contributed by atoms with Crippen molar-refractivity contribution in [1.82, 2.24) is 19.1 Å². The van der Waals surface area contributed by atoms with Crippen LogP contribution in [0.1, 0.15) is 12.1 Å². The Hall–Kier alpha value is -2.29. The maximum Gasteiger partial charge on any atom is 0.243 e. The molecule has 0 radical (unpaired) electrons. The van der Waals surface area contributed by atoms with Crippen LogP contribution in [0.25, 0.3) is 0 Å². The summed E-state index contributed by atoms with van der Waals surface area (Å²) in [7, 11) is -3.47. The van der Waals surface area contributed by atoms with Crippen molar-refractivity contribution in [2.24, 2.45) is 0 Å².